The molecule has 3 aromatic carbocycles. The molecule has 5 aromatic rings. The van der Waals surface area contributed by atoms with Crippen molar-refractivity contribution in [2.45, 2.75) is 51.6 Å². The fraction of sp³-hybridized carbons (Fsp3) is 0.378. The number of aromatic nitrogens is 2. The number of H-pyrrole nitrogens is 1. The first-order valence-electron chi connectivity index (χ1n) is 16.4. The van der Waals surface area contributed by atoms with Gasteiger partial charge in [0.25, 0.3) is 0 Å². The smallest absolute Gasteiger partial charge is 0.249 e. The summed E-state index contributed by atoms with van der Waals surface area (Å²) in [7, 11) is 0. The van der Waals surface area contributed by atoms with Crippen molar-refractivity contribution < 1.29 is 23.8 Å². The van der Waals surface area contributed by atoms with Gasteiger partial charge in [0.2, 0.25) is 11.8 Å². The summed E-state index contributed by atoms with van der Waals surface area (Å²) < 4.78 is 28.0. The molecule has 3 N–H and O–H groups in total. The van der Waals surface area contributed by atoms with Gasteiger partial charge in [0, 0.05) is 35.7 Å². The lowest BCUT2D eigenvalue weighted by atomic mass is 9.87. The summed E-state index contributed by atoms with van der Waals surface area (Å²) in [6, 6.07) is 17.3. The monoisotopic (exact) mass is 635 g/mol. The zero-order valence-corrected chi connectivity index (χ0v) is 26.6. The zero-order valence-electron chi connectivity index (χ0n) is 26.6. The van der Waals surface area contributed by atoms with Crippen LogP contribution in [0.5, 0.6) is 11.6 Å². The van der Waals surface area contributed by atoms with Crippen molar-refractivity contribution in [1.82, 2.24) is 20.2 Å². The van der Waals surface area contributed by atoms with Crippen LogP contribution in [-0.2, 0) is 16.0 Å². The number of aryl methyl sites for hydroxylation is 1. The molecule has 9 rings (SSSR count). The quantitative estimate of drug-likeness (QED) is 0.186. The van der Waals surface area contributed by atoms with E-state index < -0.39 is 5.82 Å². The molecule has 1 aliphatic carbocycles. The van der Waals surface area contributed by atoms with Gasteiger partial charge < -0.3 is 29.8 Å². The summed E-state index contributed by atoms with van der Waals surface area (Å²) in [5.41, 5.74) is 2.99. The van der Waals surface area contributed by atoms with Gasteiger partial charge in [-0.2, -0.15) is 5.26 Å². The third-order valence-corrected chi connectivity index (χ3v) is 9.65. The van der Waals surface area contributed by atoms with E-state index in [4.69, 9.17) is 9.47 Å². The minimum absolute atomic E-state index is 0.0171. The number of phenolic OH excluding ortho intramolecular Hbond substituents is 1. The Morgan fingerprint density at radius 1 is 1.19 bits per heavy atom. The van der Waals surface area contributed by atoms with Crippen molar-refractivity contribution in [2.24, 2.45) is 5.92 Å². The highest BCUT2D eigenvalue weighted by Crippen LogP contribution is 2.42. The predicted molar refractivity (Wildman–Crippen MR) is 179 cm³/mol. The molecule has 3 aliphatic heterocycles. The van der Waals surface area contributed by atoms with Gasteiger partial charge in [0.15, 0.2) is 5.82 Å². The number of morpholine rings is 1. The van der Waals surface area contributed by atoms with Crippen LogP contribution in [0.4, 0.5) is 4.39 Å². The van der Waals surface area contributed by atoms with Gasteiger partial charge in [0.1, 0.15) is 17.9 Å². The molecule has 9 nitrogen and oxygen atoms in total. The topological polar surface area (TPSA) is 123 Å². The molecule has 1 saturated carbocycles. The number of fused-ring (bicyclic) bond motifs is 5. The number of phenols is 1. The van der Waals surface area contributed by atoms with Gasteiger partial charge in [-0.25, -0.2) is 9.37 Å². The number of carbonyl (C=O) groups is 1. The van der Waals surface area contributed by atoms with Crippen LogP contribution in [0.1, 0.15) is 50.4 Å². The largest absolute Gasteiger partial charge is 0.508 e. The molecule has 1 unspecified atom stereocenters. The van der Waals surface area contributed by atoms with Crippen LogP contribution in [0.15, 0.2) is 48.5 Å². The third kappa shape index (κ3) is 5.75. The van der Waals surface area contributed by atoms with E-state index in [-0.39, 0.29) is 42.1 Å². The highest BCUT2D eigenvalue weighted by Gasteiger charge is 2.35. The first-order chi connectivity index (χ1) is 22.9. The number of hydrogen-bond donors (Lipinski definition) is 3. The highest BCUT2D eigenvalue weighted by atomic mass is 19.1. The lowest BCUT2D eigenvalue weighted by molar-refractivity contribution is -0.145. The zero-order chi connectivity index (χ0) is 32.7. The number of hydrogen-bond acceptors (Lipinski definition) is 7. The van der Waals surface area contributed by atoms with E-state index >= 15 is 4.39 Å². The summed E-state index contributed by atoms with van der Waals surface area (Å²) >= 11 is 0. The molecule has 2 bridgehead atoms. The van der Waals surface area contributed by atoms with Crippen molar-refractivity contribution in [1.29, 1.82) is 5.26 Å². The summed E-state index contributed by atoms with van der Waals surface area (Å²) in [4.78, 5) is 22.4. The van der Waals surface area contributed by atoms with E-state index in [1.165, 1.54) is 19.4 Å². The second-order valence-electron chi connectivity index (χ2n) is 12.6. The molecule has 5 heterocycles. The molecule has 10 heteroatoms. The SMILES string of the molecule is C1NC2CC1C2.CCOc1nc2c(F)c(-c3cc(O)cc4ccccc34)c(CCC#N)cc2c2[nH]c(C(C)N3CCOCC3=O)cc12. The average Bonchev–Trinajstić information content (AvgIpc) is 3.83. The molecular weight excluding hydrogens is 597 g/mol. The Morgan fingerprint density at radius 2 is 2.02 bits per heavy atom. The van der Waals surface area contributed by atoms with E-state index in [1.807, 2.05) is 50.2 Å². The number of rotatable bonds is 7. The van der Waals surface area contributed by atoms with E-state index in [1.54, 1.807) is 17.0 Å². The summed E-state index contributed by atoms with van der Waals surface area (Å²) in [6.45, 7) is 6.40. The number of halogens is 1. The van der Waals surface area contributed by atoms with E-state index in [2.05, 4.69) is 21.4 Å². The maximum atomic E-state index is 16.8. The van der Waals surface area contributed by atoms with Crippen LogP contribution < -0.4 is 10.1 Å². The molecule has 4 fully saturated rings. The minimum Gasteiger partial charge on any atom is -0.508 e. The number of nitriles is 1. The van der Waals surface area contributed by atoms with Gasteiger partial charge in [0.05, 0.1) is 36.2 Å². The molecule has 0 spiro atoms. The van der Waals surface area contributed by atoms with Crippen LogP contribution in [0.3, 0.4) is 0 Å². The van der Waals surface area contributed by atoms with Gasteiger partial charge in [-0.3, -0.25) is 4.79 Å². The Balaban J connectivity index is 0.000000519. The maximum absolute atomic E-state index is 16.8. The number of nitrogens with zero attached hydrogens (tertiary/aromatic N) is 3. The number of ether oxygens (including phenoxy) is 2. The third-order valence-electron chi connectivity index (χ3n) is 9.65. The normalized spacial score (nSPS) is 19.4. The van der Waals surface area contributed by atoms with E-state index in [0.717, 1.165) is 28.4 Å². The van der Waals surface area contributed by atoms with Crippen LogP contribution in [0, 0.1) is 23.1 Å². The fourth-order valence-electron chi connectivity index (χ4n) is 7.17. The number of nitrogens with one attached hydrogen (secondary N) is 2. The number of aromatic hydroxyl groups is 1. The highest BCUT2D eigenvalue weighted by molar-refractivity contribution is 6.09. The van der Waals surface area contributed by atoms with Crippen LogP contribution >= 0.6 is 0 Å². The molecule has 242 valence electrons. The summed E-state index contributed by atoms with van der Waals surface area (Å²) in [6.07, 6.45) is 3.44. The standard InChI is InChI=1S/C32H29FN4O4.C5H9N/c1-3-41-32-25-16-26(18(2)37-11-12-40-17-27(37)39)35-30(25)24-14-20(8-6-10-34)28(29(33)31(24)36-32)23-15-21(38)13-19-7-4-5-9-22(19)23;1-4-2-5(1)6-3-4/h4-5,7,9,13-16,18,35,38H,3,6,8,11-12,17H2,1-2H3;4-6H,1-3H2. The van der Waals surface area contributed by atoms with Crippen LogP contribution in [-0.4, -0.2) is 64.8 Å². The molecule has 4 aliphatic rings. The second-order valence-corrected chi connectivity index (χ2v) is 12.6. The Kier molecular flexibility index (Phi) is 8.43. The number of pyridine rings is 1. The van der Waals surface area contributed by atoms with Gasteiger partial charge in [-0.05, 0) is 91.7 Å². The maximum Gasteiger partial charge on any atom is 0.249 e. The Labute approximate surface area is 272 Å². The number of carbonyl (C=O) groups excluding carboxylic acids is 1. The molecule has 2 aromatic heterocycles. The van der Waals surface area contributed by atoms with E-state index in [9.17, 15) is 15.2 Å². The Bertz CT molecular complexity index is 2020. The Hall–Kier alpha value is -4.72. The van der Waals surface area contributed by atoms with Gasteiger partial charge in [-0.1, -0.05) is 24.3 Å². The lowest BCUT2D eigenvalue weighted by Gasteiger charge is -2.31. The number of amides is 1. The number of aromatic amines is 1. The average molecular weight is 636 g/mol. The molecule has 3 saturated heterocycles. The van der Waals surface area contributed by atoms with Gasteiger partial charge in [-0.15, -0.1) is 0 Å². The first-order valence-corrected chi connectivity index (χ1v) is 16.4. The van der Waals surface area contributed by atoms with Crippen LogP contribution in [0.25, 0.3) is 43.7 Å². The lowest BCUT2D eigenvalue weighted by Crippen LogP contribution is -2.43. The molecule has 0 radical (unpaired) electrons. The molecule has 1 atom stereocenters. The summed E-state index contributed by atoms with van der Waals surface area (Å²) in [5.74, 6) is 0.733. The minimum atomic E-state index is -0.554. The fourth-order valence-corrected chi connectivity index (χ4v) is 7.17. The van der Waals surface area contributed by atoms with Crippen molar-refractivity contribution in [3.8, 4) is 28.8 Å². The van der Waals surface area contributed by atoms with Gasteiger partial charge >= 0.3 is 0 Å². The Morgan fingerprint density at radius 3 is 2.72 bits per heavy atom. The molecule has 1 amide bonds. The number of benzene rings is 3. The van der Waals surface area contributed by atoms with E-state index in [0.29, 0.717) is 59.2 Å². The molecular formula is C37H38FN5O4. The summed E-state index contributed by atoms with van der Waals surface area (Å²) in [5, 5.41) is 26.1. The first kappa shape index (κ1) is 30.9. The second kappa shape index (κ2) is 12.8. The van der Waals surface area contributed by atoms with Crippen molar-refractivity contribution in [2.75, 3.05) is 32.9 Å². The van der Waals surface area contributed by atoms with Crippen molar-refractivity contribution in [3.05, 3.63) is 65.6 Å². The van der Waals surface area contributed by atoms with Crippen molar-refractivity contribution in [3.63, 3.8) is 0 Å². The van der Waals surface area contributed by atoms with Crippen LogP contribution in [0.2, 0.25) is 0 Å². The molecule has 47 heavy (non-hydrogen) atoms. The van der Waals surface area contributed by atoms with Crippen molar-refractivity contribution >= 4 is 38.5 Å². The predicted octanol–water partition coefficient (Wildman–Crippen LogP) is 6.52.